The molecule has 1 aliphatic rings. The van der Waals surface area contributed by atoms with Crippen LogP contribution >= 0.6 is 0 Å². The van der Waals surface area contributed by atoms with E-state index in [1.807, 2.05) is 79.7 Å². The van der Waals surface area contributed by atoms with Crippen molar-refractivity contribution in [3.8, 4) is 28.4 Å². The summed E-state index contributed by atoms with van der Waals surface area (Å²) < 4.78 is 17.1. The number of carbonyl (C=O) groups excluding carboxylic acids is 1. The van der Waals surface area contributed by atoms with Crippen LogP contribution in [0, 0.1) is 0 Å². The van der Waals surface area contributed by atoms with E-state index in [1.165, 1.54) is 0 Å². The fraction of sp³-hybridized carbons (Fsp3) is 0.240. The molecule has 3 aromatic carbocycles. The Morgan fingerprint density at radius 1 is 0.933 bits per heavy atom. The summed E-state index contributed by atoms with van der Waals surface area (Å²) in [5, 5.41) is 0. The zero-order valence-corrected chi connectivity index (χ0v) is 17.0. The molecule has 1 heterocycles. The smallest absolute Gasteiger partial charge is 0.260 e. The molecule has 0 aromatic heterocycles. The molecule has 0 saturated heterocycles. The maximum atomic E-state index is 12.8. The zero-order chi connectivity index (χ0) is 20.8. The van der Waals surface area contributed by atoms with Gasteiger partial charge < -0.3 is 19.1 Å². The summed E-state index contributed by atoms with van der Waals surface area (Å²) in [5.41, 5.74) is 3.03. The molecule has 5 heteroatoms. The molecular weight excluding hydrogens is 378 g/mol. The summed E-state index contributed by atoms with van der Waals surface area (Å²) in [4.78, 5) is 14.6. The highest BCUT2D eigenvalue weighted by atomic mass is 16.6. The molecule has 0 saturated carbocycles. The van der Waals surface area contributed by atoms with Gasteiger partial charge in [0.2, 0.25) is 0 Å². The van der Waals surface area contributed by atoms with Crippen LogP contribution in [0.25, 0.3) is 11.1 Å². The standard InChI is InChI=1S/C25H25NO4/c1-2-26(17-19-12-13-23-24(16-19)29-15-14-28-23)25(27)18-30-22-11-7-6-10-21(22)20-8-4-3-5-9-20/h3-13,16H,2,14-15,17-18H2,1H3. The molecule has 0 fully saturated rings. The minimum atomic E-state index is -0.0600. The maximum absolute atomic E-state index is 12.8. The first-order valence-corrected chi connectivity index (χ1v) is 10.2. The lowest BCUT2D eigenvalue weighted by molar-refractivity contribution is -0.133. The summed E-state index contributed by atoms with van der Waals surface area (Å²) in [7, 11) is 0. The Hall–Kier alpha value is -3.47. The Labute approximate surface area is 176 Å². The molecule has 1 amide bonds. The van der Waals surface area contributed by atoms with Crippen LogP contribution < -0.4 is 14.2 Å². The van der Waals surface area contributed by atoms with Crippen molar-refractivity contribution >= 4 is 5.91 Å². The van der Waals surface area contributed by atoms with Crippen molar-refractivity contribution in [2.75, 3.05) is 26.4 Å². The van der Waals surface area contributed by atoms with Gasteiger partial charge in [-0.25, -0.2) is 0 Å². The predicted molar refractivity (Wildman–Crippen MR) is 116 cm³/mol. The van der Waals surface area contributed by atoms with Gasteiger partial charge in [-0.3, -0.25) is 4.79 Å². The van der Waals surface area contributed by atoms with Gasteiger partial charge in [0.05, 0.1) is 0 Å². The molecular formula is C25H25NO4. The van der Waals surface area contributed by atoms with Crippen molar-refractivity contribution in [3.63, 3.8) is 0 Å². The molecule has 5 nitrogen and oxygen atoms in total. The van der Waals surface area contributed by atoms with Crippen molar-refractivity contribution in [2.24, 2.45) is 0 Å². The third-order valence-corrected chi connectivity index (χ3v) is 5.04. The van der Waals surface area contributed by atoms with Crippen LogP contribution in [-0.4, -0.2) is 37.2 Å². The van der Waals surface area contributed by atoms with E-state index in [0.717, 1.165) is 28.2 Å². The summed E-state index contributed by atoms with van der Waals surface area (Å²) in [5.74, 6) is 2.12. The molecule has 0 spiro atoms. The van der Waals surface area contributed by atoms with E-state index in [9.17, 15) is 4.79 Å². The van der Waals surface area contributed by atoms with Gasteiger partial charge in [0, 0.05) is 18.7 Å². The van der Waals surface area contributed by atoms with Gasteiger partial charge in [0.15, 0.2) is 18.1 Å². The number of hydrogen-bond donors (Lipinski definition) is 0. The largest absolute Gasteiger partial charge is 0.486 e. The summed E-state index contributed by atoms with van der Waals surface area (Å²) >= 11 is 0. The molecule has 0 N–H and O–H groups in total. The van der Waals surface area contributed by atoms with E-state index >= 15 is 0 Å². The van der Waals surface area contributed by atoms with Gasteiger partial charge in [0.1, 0.15) is 19.0 Å². The number of nitrogens with zero attached hydrogens (tertiary/aromatic N) is 1. The van der Waals surface area contributed by atoms with Crippen LogP contribution in [0.4, 0.5) is 0 Å². The van der Waals surface area contributed by atoms with Gasteiger partial charge in [-0.2, -0.15) is 0 Å². The number of benzene rings is 3. The molecule has 0 unspecified atom stereocenters. The quantitative estimate of drug-likeness (QED) is 0.581. The number of fused-ring (bicyclic) bond motifs is 1. The molecule has 154 valence electrons. The average Bonchev–Trinajstić information content (AvgIpc) is 2.81. The number of ether oxygens (including phenoxy) is 3. The molecule has 30 heavy (non-hydrogen) atoms. The van der Waals surface area contributed by atoms with Gasteiger partial charge in [0.25, 0.3) is 5.91 Å². The number of hydrogen-bond acceptors (Lipinski definition) is 4. The predicted octanol–water partition coefficient (Wildman–Crippen LogP) is 4.55. The Morgan fingerprint density at radius 2 is 1.67 bits per heavy atom. The second-order valence-electron chi connectivity index (χ2n) is 7.04. The van der Waals surface area contributed by atoms with Crippen molar-refractivity contribution in [3.05, 3.63) is 78.4 Å². The lowest BCUT2D eigenvalue weighted by Gasteiger charge is -2.23. The maximum Gasteiger partial charge on any atom is 0.260 e. The highest BCUT2D eigenvalue weighted by Gasteiger charge is 2.17. The van der Waals surface area contributed by atoms with E-state index in [2.05, 4.69) is 0 Å². The normalized spacial score (nSPS) is 12.3. The number of para-hydroxylation sites is 1. The lowest BCUT2D eigenvalue weighted by atomic mass is 10.1. The monoisotopic (exact) mass is 403 g/mol. The summed E-state index contributed by atoms with van der Waals surface area (Å²) in [6.45, 7) is 4.15. The first-order valence-electron chi connectivity index (χ1n) is 10.2. The average molecular weight is 403 g/mol. The molecule has 0 aliphatic carbocycles. The fourth-order valence-corrected chi connectivity index (χ4v) is 3.46. The van der Waals surface area contributed by atoms with E-state index in [-0.39, 0.29) is 12.5 Å². The molecule has 0 radical (unpaired) electrons. The number of amides is 1. The second-order valence-corrected chi connectivity index (χ2v) is 7.04. The van der Waals surface area contributed by atoms with Gasteiger partial charge in [-0.1, -0.05) is 54.6 Å². The summed E-state index contributed by atoms with van der Waals surface area (Å²) in [6.07, 6.45) is 0. The lowest BCUT2D eigenvalue weighted by Crippen LogP contribution is -2.34. The third-order valence-electron chi connectivity index (χ3n) is 5.04. The number of carbonyl (C=O) groups is 1. The van der Waals surface area contributed by atoms with Crippen LogP contribution in [0.1, 0.15) is 12.5 Å². The van der Waals surface area contributed by atoms with Crippen molar-refractivity contribution in [2.45, 2.75) is 13.5 Å². The van der Waals surface area contributed by atoms with E-state index < -0.39 is 0 Å². The highest BCUT2D eigenvalue weighted by molar-refractivity contribution is 5.78. The first kappa shape index (κ1) is 19.8. The number of rotatable bonds is 7. The molecule has 0 bridgehead atoms. The Bertz CT molecular complexity index is 1000. The van der Waals surface area contributed by atoms with Crippen LogP contribution in [0.3, 0.4) is 0 Å². The molecule has 4 rings (SSSR count). The SMILES string of the molecule is CCN(Cc1ccc2c(c1)OCCO2)C(=O)COc1ccccc1-c1ccccc1. The first-order chi connectivity index (χ1) is 14.7. The van der Waals surface area contributed by atoms with Crippen molar-refractivity contribution in [1.29, 1.82) is 0 Å². The van der Waals surface area contributed by atoms with E-state index in [1.54, 1.807) is 4.90 Å². The molecule has 1 aliphatic heterocycles. The Morgan fingerprint density at radius 3 is 2.47 bits per heavy atom. The van der Waals surface area contributed by atoms with Crippen LogP contribution in [-0.2, 0) is 11.3 Å². The third kappa shape index (κ3) is 4.57. The Balaban J connectivity index is 1.42. The zero-order valence-electron chi connectivity index (χ0n) is 17.0. The number of likely N-dealkylation sites (N-methyl/N-ethyl adjacent to an activating group) is 1. The van der Waals surface area contributed by atoms with Crippen molar-refractivity contribution in [1.82, 2.24) is 4.90 Å². The van der Waals surface area contributed by atoms with E-state index in [0.29, 0.717) is 32.1 Å². The van der Waals surface area contributed by atoms with Crippen LogP contribution in [0.5, 0.6) is 17.2 Å². The van der Waals surface area contributed by atoms with Gasteiger partial charge in [-0.05, 0) is 36.2 Å². The fourth-order valence-electron chi connectivity index (χ4n) is 3.46. The molecule has 3 aromatic rings. The minimum absolute atomic E-state index is 0.0117. The van der Waals surface area contributed by atoms with Crippen LogP contribution in [0.15, 0.2) is 72.8 Å². The molecule has 0 atom stereocenters. The highest BCUT2D eigenvalue weighted by Crippen LogP contribution is 2.31. The van der Waals surface area contributed by atoms with Crippen LogP contribution in [0.2, 0.25) is 0 Å². The van der Waals surface area contributed by atoms with Crippen molar-refractivity contribution < 1.29 is 19.0 Å². The second kappa shape index (κ2) is 9.35. The van der Waals surface area contributed by atoms with E-state index in [4.69, 9.17) is 14.2 Å². The minimum Gasteiger partial charge on any atom is -0.486 e. The summed E-state index contributed by atoms with van der Waals surface area (Å²) in [6, 6.07) is 23.6. The van der Waals surface area contributed by atoms with Gasteiger partial charge >= 0.3 is 0 Å². The van der Waals surface area contributed by atoms with Gasteiger partial charge in [-0.15, -0.1) is 0 Å². The Kier molecular flexibility index (Phi) is 6.18. The topological polar surface area (TPSA) is 48.0 Å².